The smallest absolute Gasteiger partial charge is 0.273 e. The van der Waals surface area contributed by atoms with Crippen LogP contribution in [-0.4, -0.2) is 83.1 Å². The third-order valence-corrected chi connectivity index (χ3v) is 3.83. The van der Waals surface area contributed by atoms with Crippen molar-refractivity contribution in [3.63, 3.8) is 0 Å². The monoisotopic (exact) mass is 324 g/mol. The standard InChI is InChI=1S/C15H24N4O4/c1-5-19(11-7-23-8-12(20)13(11)21)14(22)10-6-9(2)16-15(17-10)18(3)4/h6,11-13,20-21H,5,7-8H2,1-4H3/t11-,12-,13+/m1/s1. The molecule has 3 atom stereocenters. The Morgan fingerprint density at radius 3 is 2.65 bits per heavy atom. The third-order valence-electron chi connectivity index (χ3n) is 3.83. The number of aliphatic hydroxyl groups is 2. The van der Waals surface area contributed by atoms with Crippen LogP contribution < -0.4 is 4.90 Å². The highest BCUT2D eigenvalue weighted by Crippen LogP contribution is 2.18. The summed E-state index contributed by atoms with van der Waals surface area (Å²) in [4.78, 5) is 24.6. The molecule has 0 aromatic carbocycles. The van der Waals surface area contributed by atoms with Crippen LogP contribution in [0, 0.1) is 6.92 Å². The Kier molecular flexibility index (Phi) is 5.51. The summed E-state index contributed by atoms with van der Waals surface area (Å²) in [6.07, 6.45) is -2.04. The second-order valence-corrected chi connectivity index (χ2v) is 5.84. The van der Waals surface area contributed by atoms with Crippen molar-refractivity contribution in [3.8, 4) is 0 Å². The van der Waals surface area contributed by atoms with Crippen LogP contribution in [0.15, 0.2) is 6.07 Å². The van der Waals surface area contributed by atoms with Crippen molar-refractivity contribution in [3.05, 3.63) is 17.5 Å². The first-order valence-corrected chi connectivity index (χ1v) is 7.63. The van der Waals surface area contributed by atoms with E-state index in [9.17, 15) is 15.0 Å². The summed E-state index contributed by atoms with van der Waals surface area (Å²) in [7, 11) is 3.60. The van der Waals surface area contributed by atoms with Crippen molar-refractivity contribution in [2.24, 2.45) is 0 Å². The van der Waals surface area contributed by atoms with E-state index in [0.29, 0.717) is 18.2 Å². The van der Waals surface area contributed by atoms with E-state index in [2.05, 4.69) is 9.97 Å². The quantitative estimate of drug-likeness (QED) is 0.765. The number of carbonyl (C=O) groups excluding carboxylic acids is 1. The van der Waals surface area contributed by atoms with Gasteiger partial charge in [-0.05, 0) is 19.9 Å². The number of amides is 1. The number of nitrogens with zero attached hydrogens (tertiary/aromatic N) is 4. The van der Waals surface area contributed by atoms with Gasteiger partial charge in [-0.15, -0.1) is 0 Å². The molecule has 0 bridgehead atoms. The first-order valence-electron chi connectivity index (χ1n) is 7.63. The molecular weight excluding hydrogens is 300 g/mol. The van der Waals surface area contributed by atoms with Gasteiger partial charge >= 0.3 is 0 Å². The zero-order valence-electron chi connectivity index (χ0n) is 13.9. The lowest BCUT2D eigenvalue weighted by Gasteiger charge is -2.39. The maximum absolute atomic E-state index is 12.8. The SMILES string of the molecule is CCN(C(=O)c1cc(C)nc(N(C)C)n1)[C@@H]1COC[C@@H](O)[C@H]1O. The average molecular weight is 324 g/mol. The van der Waals surface area contributed by atoms with Crippen LogP contribution in [0.5, 0.6) is 0 Å². The molecule has 2 heterocycles. The van der Waals surface area contributed by atoms with Gasteiger partial charge in [-0.1, -0.05) is 0 Å². The van der Waals surface area contributed by atoms with Gasteiger partial charge in [-0.2, -0.15) is 0 Å². The molecule has 1 aromatic rings. The summed E-state index contributed by atoms with van der Waals surface area (Å²) in [6.45, 7) is 4.23. The van der Waals surface area contributed by atoms with E-state index in [1.807, 2.05) is 6.92 Å². The fourth-order valence-electron chi connectivity index (χ4n) is 2.58. The second kappa shape index (κ2) is 7.20. The fourth-order valence-corrected chi connectivity index (χ4v) is 2.58. The topological polar surface area (TPSA) is 99.0 Å². The molecule has 2 rings (SSSR count). The summed E-state index contributed by atoms with van der Waals surface area (Å²) in [5.41, 5.74) is 0.943. The predicted molar refractivity (Wildman–Crippen MR) is 84.4 cm³/mol. The molecule has 0 spiro atoms. The van der Waals surface area contributed by atoms with Gasteiger partial charge in [0, 0.05) is 26.3 Å². The molecule has 2 N–H and O–H groups in total. The normalized spacial score (nSPS) is 24.3. The van der Waals surface area contributed by atoms with E-state index in [1.54, 1.807) is 32.0 Å². The lowest BCUT2D eigenvalue weighted by Crippen LogP contribution is -2.57. The molecule has 8 heteroatoms. The highest BCUT2D eigenvalue weighted by Gasteiger charge is 2.37. The molecule has 8 nitrogen and oxygen atoms in total. The molecule has 1 aliphatic rings. The number of likely N-dealkylation sites (N-methyl/N-ethyl adjacent to an activating group) is 1. The van der Waals surface area contributed by atoms with Gasteiger partial charge in [-0.25, -0.2) is 9.97 Å². The molecule has 1 amide bonds. The van der Waals surface area contributed by atoms with Crippen molar-refractivity contribution in [2.75, 3.05) is 38.8 Å². The lowest BCUT2D eigenvalue weighted by molar-refractivity contribution is -0.125. The Hall–Kier alpha value is -1.77. The molecule has 1 fully saturated rings. The number of aliphatic hydroxyl groups excluding tert-OH is 2. The summed E-state index contributed by atoms with van der Waals surface area (Å²) in [6, 6.07) is 1.01. The molecule has 1 aromatic heterocycles. The van der Waals surface area contributed by atoms with Crippen LogP contribution in [0.2, 0.25) is 0 Å². The van der Waals surface area contributed by atoms with Gasteiger partial charge in [0.2, 0.25) is 5.95 Å². The number of hydrogen-bond donors (Lipinski definition) is 2. The Labute approximate surface area is 135 Å². The molecule has 0 unspecified atom stereocenters. The first-order chi connectivity index (χ1) is 10.8. The van der Waals surface area contributed by atoms with Crippen LogP contribution in [0.1, 0.15) is 23.1 Å². The van der Waals surface area contributed by atoms with E-state index in [-0.39, 0.29) is 24.8 Å². The Balaban J connectivity index is 2.29. The van der Waals surface area contributed by atoms with Crippen molar-refractivity contribution in [1.29, 1.82) is 0 Å². The van der Waals surface area contributed by atoms with E-state index in [0.717, 1.165) is 0 Å². The fraction of sp³-hybridized carbons (Fsp3) is 0.667. The summed E-state index contributed by atoms with van der Waals surface area (Å²) >= 11 is 0. The molecule has 0 aliphatic carbocycles. The van der Waals surface area contributed by atoms with Crippen LogP contribution in [0.3, 0.4) is 0 Å². The van der Waals surface area contributed by atoms with Gasteiger partial charge in [0.1, 0.15) is 17.9 Å². The van der Waals surface area contributed by atoms with Gasteiger partial charge in [0.15, 0.2) is 0 Å². The minimum Gasteiger partial charge on any atom is -0.388 e. The number of hydrogen-bond acceptors (Lipinski definition) is 7. The minimum atomic E-state index is -1.04. The highest BCUT2D eigenvalue weighted by atomic mass is 16.5. The largest absolute Gasteiger partial charge is 0.388 e. The number of aromatic nitrogens is 2. The molecule has 0 radical (unpaired) electrons. The molecule has 1 saturated heterocycles. The predicted octanol–water partition coefficient (Wildman–Crippen LogP) is -0.566. The minimum absolute atomic E-state index is 0.0702. The Morgan fingerprint density at radius 2 is 2.04 bits per heavy atom. The number of carbonyl (C=O) groups is 1. The zero-order valence-corrected chi connectivity index (χ0v) is 13.9. The molecule has 128 valence electrons. The number of rotatable bonds is 4. The van der Waals surface area contributed by atoms with E-state index in [1.165, 1.54) is 4.90 Å². The summed E-state index contributed by atoms with van der Waals surface area (Å²) < 4.78 is 5.27. The Morgan fingerprint density at radius 1 is 1.35 bits per heavy atom. The first kappa shape index (κ1) is 17.6. The van der Waals surface area contributed by atoms with E-state index < -0.39 is 18.2 Å². The summed E-state index contributed by atoms with van der Waals surface area (Å²) in [5, 5.41) is 19.9. The lowest BCUT2D eigenvalue weighted by atomic mass is 10.0. The van der Waals surface area contributed by atoms with Crippen molar-refractivity contribution >= 4 is 11.9 Å². The van der Waals surface area contributed by atoms with Crippen molar-refractivity contribution in [1.82, 2.24) is 14.9 Å². The van der Waals surface area contributed by atoms with Crippen molar-refractivity contribution < 1.29 is 19.7 Å². The molecule has 1 aliphatic heterocycles. The highest BCUT2D eigenvalue weighted by molar-refractivity contribution is 5.93. The van der Waals surface area contributed by atoms with Gasteiger partial charge < -0.3 is 24.7 Å². The van der Waals surface area contributed by atoms with Crippen molar-refractivity contribution in [2.45, 2.75) is 32.1 Å². The van der Waals surface area contributed by atoms with Crippen LogP contribution in [0.4, 0.5) is 5.95 Å². The third kappa shape index (κ3) is 3.77. The van der Waals surface area contributed by atoms with Crippen LogP contribution in [-0.2, 0) is 4.74 Å². The van der Waals surface area contributed by atoms with E-state index in [4.69, 9.17) is 4.74 Å². The maximum Gasteiger partial charge on any atom is 0.273 e. The van der Waals surface area contributed by atoms with E-state index >= 15 is 0 Å². The molecule has 0 saturated carbocycles. The average Bonchev–Trinajstić information content (AvgIpc) is 2.51. The summed E-state index contributed by atoms with van der Waals surface area (Å²) in [5.74, 6) is 0.132. The van der Waals surface area contributed by atoms with Gasteiger partial charge in [-0.3, -0.25) is 4.79 Å². The molecule has 23 heavy (non-hydrogen) atoms. The number of ether oxygens (including phenoxy) is 1. The van der Waals surface area contributed by atoms with Gasteiger partial charge in [0.05, 0.1) is 19.3 Å². The van der Waals surface area contributed by atoms with Gasteiger partial charge in [0.25, 0.3) is 5.91 Å². The zero-order chi connectivity index (χ0) is 17.1. The second-order valence-electron chi connectivity index (χ2n) is 5.84. The van der Waals surface area contributed by atoms with Crippen LogP contribution in [0.25, 0.3) is 0 Å². The number of anilines is 1. The van der Waals surface area contributed by atoms with Crippen LogP contribution >= 0.6 is 0 Å². The maximum atomic E-state index is 12.8. The number of aryl methyl sites for hydroxylation is 1. The molecular formula is C15H24N4O4. The Bertz CT molecular complexity index is 566.